The van der Waals surface area contributed by atoms with Crippen LogP contribution in [0, 0.1) is 0 Å². The van der Waals surface area contributed by atoms with Crippen LogP contribution in [0.1, 0.15) is 19.3 Å². The minimum absolute atomic E-state index is 0.0100. The number of benzene rings is 1. The van der Waals surface area contributed by atoms with Crippen molar-refractivity contribution in [3.05, 3.63) is 24.3 Å². The Balaban J connectivity index is 1.66. The zero-order chi connectivity index (χ0) is 14.2. The summed E-state index contributed by atoms with van der Waals surface area (Å²) in [5.74, 6) is 0.0100. The van der Waals surface area contributed by atoms with Gasteiger partial charge in [0.15, 0.2) is 0 Å². The predicted octanol–water partition coefficient (Wildman–Crippen LogP) is 2.51. The van der Waals surface area contributed by atoms with E-state index in [-0.39, 0.29) is 5.91 Å². The number of carbonyl (C=O) groups excluding carboxylic acids is 1. The molecule has 1 heterocycles. The predicted molar refractivity (Wildman–Crippen MR) is 83.3 cm³/mol. The number of nitrogens with one attached hydrogen (secondary N) is 2. The second-order valence-corrected chi connectivity index (χ2v) is 5.73. The molecule has 1 aliphatic heterocycles. The number of amides is 1. The highest BCUT2D eigenvalue weighted by Gasteiger charge is 2.13. The monoisotopic (exact) mass is 294 g/mol. The third kappa shape index (κ3) is 5.15. The second kappa shape index (κ2) is 8.29. The van der Waals surface area contributed by atoms with Gasteiger partial charge in [-0.05, 0) is 56.5 Å². The molecule has 2 N–H and O–H groups in total. The molecular formula is C15H22N2O2S. The zero-order valence-corrected chi connectivity index (χ0v) is 12.7. The molecule has 0 aromatic heterocycles. The molecule has 1 aromatic carbocycles. The average Bonchev–Trinajstić information content (AvgIpc) is 2.49. The first-order chi connectivity index (χ1) is 9.78. The van der Waals surface area contributed by atoms with Gasteiger partial charge in [0.05, 0.1) is 19.1 Å². The van der Waals surface area contributed by atoms with Gasteiger partial charge in [-0.15, -0.1) is 11.8 Å². The number of ether oxygens (including phenoxy) is 1. The molecule has 0 atom stereocenters. The Hall–Kier alpha value is -1.04. The Morgan fingerprint density at radius 1 is 1.35 bits per heavy atom. The smallest absolute Gasteiger partial charge is 0.226 e. The van der Waals surface area contributed by atoms with Gasteiger partial charge in [0, 0.05) is 10.6 Å². The average molecular weight is 294 g/mol. The molecule has 0 spiro atoms. The van der Waals surface area contributed by atoms with Crippen LogP contribution in [0.25, 0.3) is 0 Å². The number of thioether (sulfide) groups is 1. The van der Waals surface area contributed by atoms with E-state index in [1.807, 2.05) is 30.5 Å². The summed E-state index contributed by atoms with van der Waals surface area (Å²) in [6.07, 6.45) is 4.83. The molecule has 4 nitrogen and oxygen atoms in total. The van der Waals surface area contributed by atoms with E-state index < -0.39 is 0 Å². The number of hydrogen-bond donors (Lipinski definition) is 2. The Labute approximate surface area is 124 Å². The number of piperidine rings is 1. The summed E-state index contributed by atoms with van der Waals surface area (Å²) >= 11 is 1.69. The SMILES string of the molecule is CSc1ccc(NC(=O)CCOC2CCNCC2)cc1. The molecule has 1 fully saturated rings. The third-order valence-electron chi connectivity index (χ3n) is 3.34. The van der Waals surface area contributed by atoms with E-state index in [9.17, 15) is 4.79 Å². The first-order valence-corrected chi connectivity index (χ1v) is 8.26. The van der Waals surface area contributed by atoms with Crippen molar-refractivity contribution in [1.82, 2.24) is 5.32 Å². The number of anilines is 1. The van der Waals surface area contributed by atoms with Gasteiger partial charge in [-0.1, -0.05) is 0 Å². The molecule has 0 unspecified atom stereocenters. The van der Waals surface area contributed by atoms with Gasteiger partial charge in [-0.25, -0.2) is 0 Å². The van der Waals surface area contributed by atoms with Crippen LogP contribution < -0.4 is 10.6 Å². The molecule has 5 heteroatoms. The first-order valence-electron chi connectivity index (χ1n) is 7.04. The molecule has 20 heavy (non-hydrogen) atoms. The zero-order valence-electron chi connectivity index (χ0n) is 11.9. The van der Waals surface area contributed by atoms with Crippen LogP contribution in [0.4, 0.5) is 5.69 Å². The van der Waals surface area contributed by atoms with E-state index in [0.717, 1.165) is 31.6 Å². The highest BCUT2D eigenvalue weighted by molar-refractivity contribution is 7.98. The molecule has 1 aromatic rings. The molecule has 0 bridgehead atoms. The fraction of sp³-hybridized carbons (Fsp3) is 0.533. The van der Waals surface area contributed by atoms with Crippen LogP contribution in [0.15, 0.2) is 29.2 Å². The summed E-state index contributed by atoms with van der Waals surface area (Å²) in [6.45, 7) is 2.52. The lowest BCUT2D eigenvalue weighted by molar-refractivity contribution is -0.117. The summed E-state index contributed by atoms with van der Waals surface area (Å²) in [5.41, 5.74) is 0.842. The summed E-state index contributed by atoms with van der Waals surface area (Å²) in [6, 6.07) is 7.87. The molecule has 110 valence electrons. The standard InChI is InChI=1S/C15H22N2O2S/c1-20-14-4-2-12(3-5-14)17-15(18)8-11-19-13-6-9-16-10-7-13/h2-5,13,16H,6-11H2,1H3,(H,17,18). The van der Waals surface area contributed by atoms with E-state index >= 15 is 0 Å². The lowest BCUT2D eigenvalue weighted by Gasteiger charge is -2.22. The van der Waals surface area contributed by atoms with E-state index in [0.29, 0.717) is 19.1 Å². The van der Waals surface area contributed by atoms with Crippen LogP contribution >= 0.6 is 11.8 Å². The van der Waals surface area contributed by atoms with Crippen molar-refractivity contribution in [1.29, 1.82) is 0 Å². The third-order valence-corrected chi connectivity index (χ3v) is 4.09. The topological polar surface area (TPSA) is 50.4 Å². The molecule has 0 radical (unpaired) electrons. The van der Waals surface area contributed by atoms with E-state index in [1.165, 1.54) is 4.90 Å². The molecule has 1 aliphatic rings. The molecule has 1 amide bonds. The fourth-order valence-corrected chi connectivity index (χ4v) is 2.59. The van der Waals surface area contributed by atoms with E-state index in [1.54, 1.807) is 11.8 Å². The quantitative estimate of drug-likeness (QED) is 0.792. The van der Waals surface area contributed by atoms with Gasteiger partial charge >= 0.3 is 0 Å². The van der Waals surface area contributed by atoms with Crippen LogP contribution in [0.5, 0.6) is 0 Å². The van der Waals surface area contributed by atoms with Crippen LogP contribution in [0.2, 0.25) is 0 Å². The number of hydrogen-bond acceptors (Lipinski definition) is 4. The van der Waals surface area contributed by atoms with Crippen LogP contribution in [-0.4, -0.2) is 38.0 Å². The largest absolute Gasteiger partial charge is 0.378 e. The van der Waals surface area contributed by atoms with Crippen LogP contribution in [0.3, 0.4) is 0 Å². The maximum atomic E-state index is 11.8. The summed E-state index contributed by atoms with van der Waals surface area (Å²) in [7, 11) is 0. The Morgan fingerprint density at radius 3 is 2.70 bits per heavy atom. The van der Waals surface area contributed by atoms with Gasteiger partial charge < -0.3 is 15.4 Å². The van der Waals surface area contributed by atoms with Crippen molar-refractivity contribution in [2.45, 2.75) is 30.3 Å². The molecule has 0 saturated carbocycles. The van der Waals surface area contributed by atoms with Crippen molar-refractivity contribution in [3.63, 3.8) is 0 Å². The second-order valence-electron chi connectivity index (χ2n) is 4.85. The summed E-state index contributed by atoms with van der Waals surface area (Å²) in [4.78, 5) is 13.0. The molecular weight excluding hydrogens is 272 g/mol. The molecule has 0 aliphatic carbocycles. The minimum atomic E-state index is 0.0100. The van der Waals surface area contributed by atoms with Crippen molar-refractivity contribution in [3.8, 4) is 0 Å². The van der Waals surface area contributed by atoms with Crippen LogP contribution in [-0.2, 0) is 9.53 Å². The van der Waals surface area contributed by atoms with Gasteiger partial charge in [-0.2, -0.15) is 0 Å². The van der Waals surface area contributed by atoms with Gasteiger partial charge in [0.1, 0.15) is 0 Å². The normalized spacial score (nSPS) is 16.1. The van der Waals surface area contributed by atoms with Crippen molar-refractivity contribution >= 4 is 23.4 Å². The Bertz CT molecular complexity index is 416. The maximum absolute atomic E-state index is 11.8. The lowest BCUT2D eigenvalue weighted by atomic mass is 10.1. The molecule has 2 rings (SSSR count). The summed E-state index contributed by atoms with van der Waals surface area (Å²) in [5, 5.41) is 6.19. The van der Waals surface area contributed by atoms with Gasteiger partial charge in [0.25, 0.3) is 0 Å². The fourth-order valence-electron chi connectivity index (χ4n) is 2.18. The van der Waals surface area contributed by atoms with Gasteiger partial charge in [0.2, 0.25) is 5.91 Å². The minimum Gasteiger partial charge on any atom is -0.378 e. The van der Waals surface area contributed by atoms with Crippen molar-refractivity contribution in [2.75, 3.05) is 31.3 Å². The maximum Gasteiger partial charge on any atom is 0.226 e. The first kappa shape index (κ1) is 15.4. The summed E-state index contributed by atoms with van der Waals surface area (Å²) < 4.78 is 5.72. The highest BCUT2D eigenvalue weighted by atomic mass is 32.2. The number of rotatable bonds is 6. The van der Waals surface area contributed by atoms with Gasteiger partial charge in [-0.3, -0.25) is 4.79 Å². The highest BCUT2D eigenvalue weighted by Crippen LogP contribution is 2.17. The Morgan fingerprint density at radius 2 is 2.05 bits per heavy atom. The molecule has 1 saturated heterocycles. The van der Waals surface area contributed by atoms with Crippen molar-refractivity contribution < 1.29 is 9.53 Å². The van der Waals surface area contributed by atoms with E-state index in [4.69, 9.17) is 4.74 Å². The number of carbonyl (C=O) groups is 1. The Kier molecular flexibility index (Phi) is 6.36. The van der Waals surface area contributed by atoms with Crippen molar-refractivity contribution in [2.24, 2.45) is 0 Å². The van der Waals surface area contributed by atoms with E-state index in [2.05, 4.69) is 10.6 Å². The lowest BCUT2D eigenvalue weighted by Crippen LogP contribution is -2.33.